The fraction of sp³-hybridized carbons (Fsp3) is 0.158. The van der Waals surface area contributed by atoms with Gasteiger partial charge >= 0.3 is 5.91 Å². The zero-order valence-corrected chi connectivity index (χ0v) is 16.9. The minimum absolute atomic E-state index is 0.0906. The minimum Gasteiger partial charge on any atom is -0.507 e. The van der Waals surface area contributed by atoms with Crippen LogP contribution in [0.5, 0.6) is 0 Å². The van der Waals surface area contributed by atoms with Crippen LogP contribution in [0.15, 0.2) is 51.9 Å². The van der Waals surface area contributed by atoms with Gasteiger partial charge in [0.05, 0.1) is 5.57 Å². The number of aliphatic hydroxyl groups excluding tert-OH is 1. The van der Waals surface area contributed by atoms with Crippen LogP contribution in [0.4, 0.5) is 11.0 Å². The summed E-state index contributed by atoms with van der Waals surface area (Å²) in [6.45, 7) is 0. The monoisotopic (exact) mass is 430 g/mol. The van der Waals surface area contributed by atoms with Crippen molar-refractivity contribution in [3.8, 4) is 0 Å². The molecule has 4 rings (SSSR count). The number of aliphatic hydroxyl groups is 1. The lowest BCUT2D eigenvalue weighted by molar-refractivity contribution is -0.132. The molecule has 1 unspecified atom stereocenters. The van der Waals surface area contributed by atoms with Crippen LogP contribution in [0.3, 0.4) is 0 Å². The van der Waals surface area contributed by atoms with Crippen LogP contribution in [0.1, 0.15) is 17.4 Å². The maximum absolute atomic E-state index is 12.9. The Bertz CT molecular complexity index is 1110. The first-order valence-electron chi connectivity index (χ1n) is 8.48. The number of benzene rings is 1. The average Bonchev–Trinajstić information content (AvgIpc) is 3.43. The first kappa shape index (κ1) is 19.2. The van der Waals surface area contributed by atoms with Crippen molar-refractivity contribution in [3.63, 3.8) is 0 Å². The number of hydrogen-bond donors (Lipinski definition) is 1. The lowest BCUT2D eigenvalue weighted by Crippen LogP contribution is -2.29. The van der Waals surface area contributed by atoms with Crippen molar-refractivity contribution in [2.45, 2.75) is 6.04 Å². The number of carbonyl (C=O) groups is 2. The van der Waals surface area contributed by atoms with Crippen molar-refractivity contribution >= 4 is 51.4 Å². The van der Waals surface area contributed by atoms with Crippen LogP contribution in [-0.4, -0.2) is 41.1 Å². The summed E-state index contributed by atoms with van der Waals surface area (Å²) in [7, 11) is 3.61. The third-order valence-corrected chi connectivity index (χ3v) is 5.38. The van der Waals surface area contributed by atoms with Gasteiger partial charge in [-0.3, -0.25) is 14.5 Å². The van der Waals surface area contributed by atoms with Crippen LogP contribution in [0.2, 0.25) is 5.02 Å². The fourth-order valence-electron chi connectivity index (χ4n) is 3.06. The van der Waals surface area contributed by atoms with E-state index in [0.29, 0.717) is 22.2 Å². The maximum atomic E-state index is 12.9. The summed E-state index contributed by atoms with van der Waals surface area (Å²) in [6, 6.07) is 8.72. The Kier molecular flexibility index (Phi) is 4.85. The molecular weight excluding hydrogens is 416 g/mol. The van der Waals surface area contributed by atoms with Gasteiger partial charge < -0.3 is 14.4 Å². The van der Waals surface area contributed by atoms with Gasteiger partial charge in [-0.25, -0.2) is 0 Å². The number of carbonyl (C=O) groups excluding carboxylic acids is 2. The van der Waals surface area contributed by atoms with E-state index in [1.54, 1.807) is 55.4 Å². The van der Waals surface area contributed by atoms with Gasteiger partial charge in [0.15, 0.2) is 5.88 Å². The highest BCUT2D eigenvalue weighted by atomic mass is 35.5. The third kappa shape index (κ3) is 3.28. The van der Waals surface area contributed by atoms with Gasteiger partial charge in [0.2, 0.25) is 5.13 Å². The first-order valence-corrected chi connectivity index (χ1v) is 9.74. The maximum Gasteiger partial charge on any atom is 0.302 e. The van der Waals surface area contributed by atoms with E-state index >= 15 is 0 Å². The fourth-order valence-corrected chi connectivity index (χ4v) is 3.77. The van der Waals surface area contributed by atoms with E-state index < -0.39 is 17.7 Å². The van der Waals surface area contributed by atoms with E-state index in [4.69, 9.17) is 16.0 Å². The van der Waals surface area contributed by atoms with Gasteiger partial charge in [-0.1, -0.05) is 22.9 Å². The summed E-state index contributed by atoms with van der Waals surface area (Å²) in [6.07, 6.45) is 0. The van der Waals surface area contributed by atoms with Crippen LogP contribution in [0.25, 0.3) is 5.76 Å². The second kappa shape index (κ2) is 7.34. The van der Waals surface area contributed by atoms with Crippen LogP contribution in [0, 0.1) is 0 Å². The lowest BCUT2D eigenvalue weighted by atomic mass is 9.99. The Hall–Kier alpha value is -3.17. The number of furan rings is 1. The highest BCUT2D eigenvalue weighted by molar-refractivity contribution is 7.13. The normalized spacial score (nSPS) is 18.4. The summed E-state index contributed by atoms with van der Waals surface area (Å²) in [5, 5.41) is 19.3. The number of Topliss-reactive ketones (excluding diaryl/α,β-unsaturated/α-hetero) is 1. The Morgan fingerprint density at radius 1 is 1.21 bits per heavy atom. The van der Waals surface area contributed by atoms with Crippen molar-refractivity contribution in [2.24, 2.45) is 0 Å². The molecule has 0 aliphatic carbocycles. The van der Waals surface area contributed by atoms with Crippen LogP contribution < -0.4 is 9.80 Å². The molecule has 10 heteroatoms. The van der Waals surface area contributed by atoms with E-state index in [9.17, 15) is 14.7 Å². The summed E-state index contributed by atoms with van der Waals surface area (Å²) in [4.78, 5) is 28.7. The standard InChI is InChI=1S/C19H15ClN4O4S/c1-23(2)13-8-7-12(28-13)15-14(16(25)10-3-5-11(20)6-4-10)17(26)18(27)24(15)19-22-21-9-29-19/h3-9,15,25H,1-2H3/b16-14+. The molecule has 0 spiro atoms. The van der Waals surface area contributed by atoms with E-state index in [2.05, 4.69) is 10.2 Å². The number of nitrogens with zero attached hydrogens (tertiary/aromatic N) is 4. The Balaban J connectivity index is 1.91. The van der Waals surface area contributed by atoms with E-state index in [-0.39, 0.29) is 16.5 Å². The molecule has 1 amide bonds. The number of anilines is 2. The molecule has 0 radical (unpaired) electrons. The van der Waals surface area contributed by atoms with Crippen LogP contribution >= 0.6 is 22.9 Å². The molecule has 0 bridgehead atoms. The number of aromatic nitrogens is 2. The van der Waals surface area contributed by atoms with Gasteiger partial charge in [-0.2, -0.15) is 0 Å². The molecule has 0 saturated carbocycles. The average molecular weight is 431 g/mol. The number of halogens is 1. The number of ketones is 1. The van der Waals surface area contributed by atoms with Crippen molar-refractivity contribution in [2.75, 3.05) is 23.9 Å². The lowest BCUT2D eigenvalue weighted by Gasteiger charge is -2.20. The van der Waals surface area contributed by atoms with E-state index in [0.717, 1.165) is 11.3 Å². The summed E-state index contributed by atoms with van der Waals surface area (Å²) in [5.74, 6) is -1.11. The van der Waals surface area contributed by atoms with Gasteiger partial charge in [0, 0.05) is 30.7 Å². The van der Waals surface area contributed by atoms with Gasteiger partial charge in [0.1, 0.15) is 23.1 Å². The molecule has 3 aromatic rings. The number of amides is 1. The highest BCUT2D eigenvalue weighted by Gasteiger charge is 2.49. The topological polar surface area (TPSA) is 99.8 Å². The second-order valence-corrected chi connectivity index (χ2v) is 7.72. The number of rotatable bonds is 4. The van der Waals surface area contributed by atoms with Crippen molar-refractivity contribution in [1.29, 1.82) is 0 Å². The quantitative estimate of drug-likeness (QED) is 0.384. The zero-order valence-electron chi connectivity index (χ0n) is 15.4. The Labute approximate surface area is 174 Å². The molecule has 1 N–H and O–H groups in total. The molecule has 1 fully saturated rings. The van der Waals surface area contributed by atoms with Gasteiger partial charge in [0.25, 0.3) is 5.78 Å². The molecule has 1 saturated heterocycles. The predicted molar refractivity (Wildman–Crippen MR) is 109 cm³/mol. The van der Waals surface area contributed by atoms with E-state index in [1.165, 1.54) is 10.4 Å². The van der Waals surface area contributed by atoms with Gasteiger partial charge in [-0.15, -0.1) is 10.2 Å². The summed E-state index contributed by atoms with van der Waals surface area (Å²) in [5.41, 5.74) is 1.72. The van der Waals surface area contributed by atoms with Crippen molar-refractivity contribution < 1.29 is 19.1 Å². The molecule has 2 aromatic heterocycles. The van der Waals surface area contributed by atoms with Gasteiger partial charge in [-0.05, 0) is 30.3 Å². The molecule has 1 aliphatic rings. The SMILES string of the molecule is CN(C)c1ccc(C2/C(=C(\O)c3ccc(Cl)cc3)C(=O)C(=O)N2c2nncs2)o1. The summed E-state index contributed by atoms with van der Waals surface area (Å²) < 4.78 is 5.86. The molecule has 8 nitrogen and oxygen atoms in total. The molecule has 148 valence electrons. The highest BCUT2D eigenvalue weighted by Crippen LogP contribution is 2.43. The third-order valence-electron chi connectivity index (χ3n) is 4.44. The largest absolute Gasteiger partial charge is 0.507 e. The minimum atomic E-state index is -0.979. The molecule has 1 aromatic carbocycles. The Morgan fingerprint density at radius 2 is 1.93 bits per heavy atom. The number of hydrogen-bond acceptors (Lipinski definition) is 8. The summed E-state index contributed by atoms with van der Waals surface area (Å²) >= 11 is 7.02. The zero-order chi connectivity index (χ0) is 20.7. The molecule has 1 atom stereocenters. The first-order chi connectivity index (χ1) is 13.9. The van der Waals surface area contributed by atoms with Crippen LogP contribution in [-0.2, 0) is 9.59 Å². The second-order valence-electron chi connectivity index (χ2n) is 6.47. The molecule has 29 heavy (non-hydrogen) atoms. The predicted octanol–water partition coefficient (Wildman–Crippen LogP) is 3.48. The smallest absolute Gasteiger partial charge is 0.302 e. The molecule has 1 aliphatic heterocycles. The van der Waals surface area contributed by atoms with Crippen molar-refractivity contribution in [3.05, 3.63) is 63.8 Å². The van der Waals surface area contributed by atoms with E-state index in [1.807, 2.05) is 0 Å². The van der Waals surface area contributed by atoms with Crippen molar-refractivity contribution in [1.82, 2.24) is 10.2 Å². The molecular formula is C19H15ClN4O4S. The molecule has 3 heterocycles. The Morgan fingerprint density at radius 3 is 2.52 bits per heavy atom.